The second-order valence-electron chi connectivity index (χ2n) is 22.6. The van der Waals surface area contributed by atoms with Gasteiger partial charge in [-0.1, -0.05) is 103 Å². The Hall–Kier alpha value is 6.26. The Labute approximate surface area is 948 Å². The molecule has 1 N–H and O–H groups in total. The molecular formula is C60H80Na14O36. The van der Waals surface area contributed by atoms with E-state index >= 15 is 0 Å². The van der Waals surface area contributed by atoms with Crippen LogP contribution in [0, 0.1) is 41.4 Å². The van der Waals surface area contributed by atoms with Crippen LogP contribution in [0.4, 0.5) is 0 Å². The number of aliphatic hydroxyl groups is 1. The summed E-state index contributed by atoms with van der Waals surface area (Å²) in [6.45, 7) is -8.45. The molecule has 0 aliphatic rings. The van der Waals surface area contributed by atoms with Crippen LogP contribution in [0.1, 0.15) is 155 Å². The fraction of sp³-hybridized carbons (Fsp3) is 0.767. The number of hydrogen-bond donors (Lipinski definition) is 1. The quantitative estimate of drug-likeness (QED) is 0.0436. The number of carbonyl (C=O) groups is 14. The molecule has 14 unspecified atom stereocenters. The summed E-state index contributed by atoms with van der Waals surface area (Å²) in [6, 6.07) is 0. The van der Waals surface area contributed by atoms with Gasteiger partial charge in [0.15, 0.2) is 0 Å². The van der Waals surface area contributed by atoms with Crippen LogP contribution in [0.15, 0.2) is 0 Å². The van der Waals surface area contributed by atoms with E-state index in [9.17, 15) is 144 Å². The number of rotatable bonds is 65. The number of aliphatic carboxylic acids is 14. The van der Waals surface area contributed by atoms with Gasteiger partial charge in [-0.25, -0.2) is 0 Å². The van der Waals surface area contributed by atoms with Gasteiger partial charge in [0.05, 0.1) is 89.0 Å². The summed E-state index contributed by atoms with van der Waals surface area (Å²) in [5.41, 5.74) is 0. The second-order valence-corrected chi connectivity index (χ2v) is 22.6. The first-order valence-corrected chi connectivity index (χ1v) is 31.0. The third kappa shape index (κ3) is 73.5. The molecule has 50 heteroatoms. The SMILES string of the molecule is CCCCCCCCCCCCCCCCCCOC(COC(COC(COC(COC(COC(COC(CO)C(CC(=O)[O-])C(=O)[O-])C(CC(=O)[O-])C(=O)[O-])C(CC(=O)[O-])C(=O)[O-])C(CC(=O)[O-])C(=O)[O-])C(CC(=O)[O-])C(=O)[O-])C(CC(=O)[O-])C(=O)[O-])C(CC(=O)[O-])C(=O)[O-].[Na+].[Na+].[Na+].[Na+].[Na+].[Na+].[Na+].[Na+].[Na+].[Na+].[Na+].[Na+].[Na+].[Na+]. The molecular weight excluding hydrogens is 1620 g/mol. The molecule has 0 fully saturated rings. The molecule has 0 saturated heterocycles. The summed E-state index contributed by atoms with van der Waals surface area (Å²) in [4.78, 5) is 169. The van der Waals surface area contributed by atoms with Gasteiger partial charge in [0.25, 0.3) is 0 Å². The molecule has 0 bridgehead atoms. The second kappa shape index (κ2) is 91.5. The number of carbonyl (C=O) groups excluding carboxylic acids is 14. The average molecular weight is 1700 g/mol. The van der Waals surface area contributed by atoms with E-state index in [-0.39, 0.29) is 427 Å². The van der Waals surface area contributed by atoms with Crippen LogP contribution >= 0.6 is 0 Å². The van der Waals surface area contributed by atoms with Crippen molar-refractivity contribution in [1.29, 1.82) is 0 Å². The summed E-state index contributed by atoms with van der Waals surface area (Å²) in [7, 11) is 0. The van der Waals surface area contributed by atoms with Gasteiger partial charge in [0.2, 0.25) is 0 Å². The summed E-state index contributed by atoms with van der Waals surface area (Å²) in [5, 5.41) is 179. The van der Waals surface area contributed by atoms with E-state index in [4.69, 9.17) is 33.2 Å². The maximum absolute atomic E-state index is 12.6. The summed E-state index contributed by atoms with van der Waals surface area (Å²) in [5.74, 6) is -48.7. The normalized spacial score (nSPS) is 13.9. The predicted molar refractivity (Wildman–Crippen MR) is 282 cm³/mol. The smallest absolute Gasteiger partial charge is 0.550 e. The van der Waals surface area contributed by atoms with Crippen LogP contribution in [0.3, 0.4) is 0 Å². The van der Waals surface area contributed by atoms with E-state index < -0.39 is 259 Å². The first kappa shape index (κ1) is 151. The van der Waals surface area contributed by atoms with Crippen molar-refractivity contribution in [3.05, 3.63) is 0 Å². The molecule has 0 amide bonds. The number of ether oxygens (including phenoxy) is 7. The Morgan fingerprint density at radius 3 is 0.500 bits per heavy atom. The molecule has 0 aromatic carbocycles. The van der Waals surface area contributed by atoms with E-state index in [0.29, 0.717) is 12.8 Å². The molecule has 0 rings (SSSR count). The van der Waals surface area contributed by atoms with E-state index in [2.05, 4.69) is 6.92 Å². The first-order valence-electron chi connectivity index (χ1n) is 31.0. The summed E-state index contributed by atoms with van der Waals surface area (Å²) < 4.78 is 38.3. The molecule has 0 aromatic heterocycles. The Bertz CT molecular complexity index is 2510. The minimum absolute atomic E-state index is 0. The summed E-state index contributed by atoms with van der Waals surface area (Å²) >= 11 is 0. The zero-order valence-corrected chi connectivity index (χ0v) is 94.7. The van der Waals surface area contributed by atoms with Crippen LogP contribution in [0.25, 0.3) is 0 Å². The van der Waals surface area contributed by atoms with Crippen molar-refractivity contribution in [3.8, 4) is 0 Å². The van der Waals surface area contributed by atoms with E-state index in [1.54, 1.807) is 0 Å². The molecule has 0 saturated carbocycles. The molecule has 550 valence electrons. The minimum atomic E-state index is -2.67. The Morgan fingerprint density at radius 2 is 0.355 bits per heavy atom. The molecule has 36 nitrogen and oxygen atoms in total. The molecule has 110 heavy (non-hydrogen) atoms. The van der Waals surface area contributed by atoms with Gasteiger partial charge in [-0.3, -0.25) is 0 Å². The van der Waals surface area contributed by atoms with Gasteiger partial charge in [-0.2, -0.15) is 0 Å². The fourth-order valence-corrected chi connectivity index (χ4v) is 10.00. The monoisotopic (exact) mass is 1700 g/mol. The van der Waals surface area contributed by atoms with Crippen LogP contribution in [0.5, 0.6) is 0 Å². The number of aliphatic hydroxyl groups excluding tert-OH is 1. The van der Waals surface area contributed by atoms with Gasteiger partial charge in [-0.05, 0) is 51.4 Å². The Kier molecular flexibility index (Phi) is 125. The van der Waals surface area contributed by atoms with Crippen molar-refractivity contribution >= 4 is 83.6 Å². The molecule has 14 atom stereocenters. The zero-order chi connectivity index (χ0) is 73.0. The maximum Gasteiger partial charge on any atom is 1.00 e. The van der Waals surface area contributed by atoms with Crippen molar-refractivity contribution in [2.45, 2.75) is 197 Å². The first-order chi connectivity index (χ1) is 45.2. The van der Waals surface area contributed by atoms with E-state index in [1.807, 2.05) is 0 Å². The Balaban J connectivity index is -0.000000496. The fourth-order valence-electron chi connectivity index (χ4n) is 10.00. The van der Waals surface area contributed by atoms with Gasteiger partial charge in [0.1, 0.15) is 0 Å². The zero-order valence-electron chi connectivity index (χ0n) is 66.7. The van der Waals surface area contributed by atoms with Crippen molar-refractivity contribution in [1.82, 2.24) is 0 Å². The van der Waals surface area contributed by atoms with Crippen LogP contribution in [-0.4, -0.2) is 184 Å². The van der Waals surface area contributed by atoms with Gasteiger partial charge in [0, 0.05) is 132 Å². The molecule has 0 heterocycles. The number of carboxylic acids is 14. The van der Waals surface area contributed by atoms with Crippen LogP contribution in [-0.2, 0) is 100 Å². The van der Waals surface area contributed by atoms with Crippen LogP contribution in [0.2, 0.25) is 0 Å². The van der Waals surface area contributed by atoms with Crippen LogP contribution < -0.4 is 485 Å². The third-order valence-electron chi connectivity index (χ3n) is 15.3. The van der Waals surface area contributed by atoms with Gasteiger partial charge in [-0.15, -0.1) is 0 Å². The average Bonchev–Trinajstić information content (AvgIpc) is 0.840. The minimum Gasteiger partial charge on any atom is -0.550 e. The maximum atomic E-state index is 12.6. The number of unbranched alkanes of at least 4 members (excludes halogenated alkanes) is 15. The largest absolute Gasteiger partial charge is 1.00 e. The summed E-state index contributed by atoms with van der Waals surface area (Å²) in [6.07, 6.45) is -11.6. The third-order valence-corrected chi connectivity index (χ3v) is 15.3. The topological polar surface area (TPSA) is 647 Å². The van der Waals surface area contributed by atoms with E-state index in [0.717, 1.165) is 44.9 Å². The van der Waals surface area contributed by atoms with Crippen molar-refractivity contribution < 1.29 is 591 Å². The molecule has 0 aliphatic heterocycles. The molecule has 0 aliphatic carbocycles. The van der Waals surface area contributed by atoms with Gasteiger partial charge < -0.3 is 177 Å². The number of hydrogen-bond acceptors (Lipinski definition) is 36. The van der Waals surface area contributed by atoms with Crippen molar-refractivity contribution in [2.24, 2.45) is 41.4 Å². The number of carboxylic acid groups (broad SMARTS) is 14. The van der Waals surface area contributed by atoms with Crippen molar-refractivity contribution in [2.75, 3.05) is 52.9 Å². The molecule has 0 spiro atoms. The standard InChI is InChI=1S/C60H94O36.14Na/c1-2-3-4-5-6-7-8-9-10-11-12-13-14-15-16-17-18-90-41(34(55(78)79)20-48(64)65)27-92-43(36(57(82)83)22-50(68)69)29-94-45(38(59(86)87)24-52(72)73)31-96-46(39(60(88)89)25-53(74)75)32-95-44(37(58(84)85)23-51(70)71)30-93-42(35(56(80)81)21-49(66)67)28-91-40(26-61)33(54(76)77)19-47(62)63;;;;;;;;;;;;;;/h33-46,61H,2-32H2,1H3,(H,62,63)(H,64,65)(H,66,67)(H,68,69)(H,70,71)(H,72,73)(H,74,75)(H,76,77)(H,78,79)(H,80,81)(H,82,83)(H,84,85)(H,86,87)(H,88,89);;;;;;;;;;;;;;/q;14*+1/p-14. The Morgan fingerprint density at radius 1 is 0.218 bits per heavy atom. The molecule has 0 radical (unpaired) electrons. The van der Waals surface area contributed by atoms with E-state index in [1.165, 1.54) is 38.5 Å². The predicted octanol–water partition coefficient (Wildman–Crippen LogP) is -57.5. The van der Waals surface area contributed by atoms with Gasteiger partial charge >= 0.3 is 414 Å². The molecule has 0 aromatic rings. The van der Waals surface area contributed by atoms with Crippen molar-refractivity contribution in [3.63, 3.8) is 0 Å².